The summed E-state index contributed by atoms with van der Waals surface area (Å²) in [4.78, 5) is 14.8. The van der Waals surface area contributed by atoms with Crippen molar-refractivity contribution in [2.24, 2.45) is 0 Å². The average Bonchev–Trinajstić information content (AvgIpc) is 2.98. The third kappa shape index (κ3) is 2.25. The highest BCUT2D eigenvalue weighted by Crippen LogP contribution is 2.27. The first-order valence-corrected chi connectivity index (χ1v) is 7.90. The first-order valence-electron chi connectivity index (χ1n) is 5.31. The number of carboxylic acids is 1. The second-order valence-corrected chi connectivity index (χ2v) is 6.63. The molecule has 0 amide bonds. The van der Waals surface area contributed by atoms with Crippen LogP contribution in [0.3, 0.4) is 0 Å². The highest BCUT2D eigenvalue weighted by atomic mass is 32.2. The molecule has 1 saturated heterocycles. The lowest BCUT2D eigenvalue weighted by molar-refractivity contribution is -0.140. The number of hydrogen-bond acceptors (Lipinski definition) is 5. The quantitative estimate of drug-likeness (QED) is 0.842. The van der Waals surface area contributed by atoms with Crippen molar-refractivity contribution in [1.29, 1.82) is 0 Å². The van der Waals surface area contributed by atoms with Crippen molar-refractivity contribution in [3.05, 3.63) is 12.5 Å². The van der Waals surface area contributed by atoms with Crippen LogP contribution in [0.5, 0.6) is 0 Å². The zero-order valence-corrected chi connectivity index (χ0v) is 11.3. The standard InChI is InChI=1S/C9H13N3O4S2/c1-2-11-3-8(10-5-11)18(15,16)12-6-17-4-7(12)9(13)14/h3,5,7H,2,4,6H2,1H3,(H,13,14)/t7-/m0/s1. The van der Waals surface area contributed by atoms with Gasteiger partial charge in [-0.2, -0.15) is 4.31 Å². The molecule has 2 heterocycles. The molecule has 0 saturated carbocycles. The molecule has 0 radical (unpaired) electrons. The van der Waals surface area contributed by atoms with Gasteiger partial charge < -0.3 is 9.67 Å². The molecule has 1 atom stereocenters. The Kier molecular flexibility index (Phi) is 3.64. The van der Waals surface area contributed by atoms with Gasteiger partial charge in [-0.3, -0.25) is 4.79 Å². The number of carbonyl (C=O) groups is 1. The lowest BCUT2D eigenvalue weighted by Crippen LogP contribution is -2.41. The van der Waals surface area contributed by atoms with Crippen LogP contribution in [0.15, 0.2) is 17.6 Å². The molecule has 0 bridgehead atoms. The first-order chi connectivity index (χ1) is 8.46. The van der Waals surface area contributed by atoms with Crippen molar-refractivity contribution < 1.29 is 18.3 Å². The monoisotopic (exact) mass is 291 g/mol. The molecule has 9 heteroatoms. The van der Waals surface area contributed by atoms with Crippen LogP contribution in [0.1, 0.15) is 6.92 Å². The molecule has 1 aromatic rings. The van der Waals surface area contributed by atoms with Crippen LogP contribution in [0.4, 0.5) is 0 Å². The average molecular weight is 291 g/mol. The fourth-order valence-electron chi connectivity index (χ4n) is 1.62. The van der Waals surface area contributed by atoms with Gasteiger partial charge in [-0.05, 0) is 6.92 Å². The maximum Gasteiger partial charge on any atom is 0.322 e. The number of aliphatic carboxylic acids is 1. The van der Waals surface area contributed by atoms with E-state index in [0.717, 1.165) is 4.31 Å². The Morgan fingerprint density at radius 1 is 1.67 bits per heavy atom. The molecule has 18 heavy (non-hydrogen) atoms. The minimum Gasteiger partial charge on any atom is -0.480 e. The molecule has 1 fully saturated rings. The predicted octanol–water partition coefficient (Wildman–Crippen LogP) is 0.0512. The number of aryl methyl sites for hydroxylation is 1. The third-order valence-corrected chi connectivity index (χ3v) is 5.59. The number of aromatic nitrogens is 2. The summed E-state index contributed by atoms with van der Waals surface area (Å²) in [7, 11) is -3.82. The van der Waals surface area contributed by atoms with Crippen LogP contribution >= 0.6 is 11.8 Å². The Bertz CT molecular complexity index is 554. The van der Waals surface area contributed by atoms with Gasteiger partial charge in [0.15, 0.2) is 5.03 Å². The van der Waals surface area contributed by atoms with Crippen molar-refractivity contribution in [1.82, 2.24) is 13.9 Å². The highest BCUT2D eigenvalue weighted by molar-refractivity contribution is 8.00. The van der Waals surface area contributed by atoms with Gasteiger partial charge in [0, 0.05) is 18.5 Å². The molecular formula is C9H13N3O4S2. The van der Waals surface area contributed by atoms with Gasteiger partial charge in [0.25, 0.3) is 10.0 Å². The molecule has 2 rings (SSSR count). The molecule has 1 aromatic heterocycles. The fourth-order valence-corrected chi connectivity index (χ4v) is 4.70. The van der Waals surface area contributed by atoms with Gasteiger partial charge in [-0.15, -0.1) is 11.8 Å². The van der Waals surface area contributed by atoms with Crippen molar-refractivity contribution in [3.8, 4) is 0 Å². The maximum atomic E-state index is 12.3. The first kappa shape index (κ1) is 13.4. The number of sulfonamides is 1. The van der Waals surface area contributed by atoms with Gasteiger partial charge in [0.05, 0.1) is 12.2 Å². The number of nitrogens with zero attached hydrogens (tertiary/aromatic N) is 3. The van der Waals surface area contributed by atoms with E-state index in [0.29, 0.717) is 6.54 Å². The number of hydrogen-bond donors (Lipinski definition) is 1. The van der Waals surface area contributed by atoms with Crippen LogP contribution in [-0.4, -0.2) is 51.0 Å². The predicted molar refractivity (Wildman–Crippen MR) is 65.7 cm³/mol. The zero-order valence-electron chi connectivity index (χ0n) is 9.68. The summed E-state index contributed by atoms with van der Waals surface area (Å²) in [5.41, 5.74) is 0. The van der Waals surface area contributed by atoms with E-state index < -0.39 is 22.0 Å². The Hall–Kier alpha value is -1.06. The summed E-state index contributed by atoms with van der Waals surface area (Å²) in [6.45, 7) is 2.48. The second kappa shape index (κ2) is 4.90. The number of rotatable bonds is 4. The van der Waals surface area contributed by atoms with Crippen molar-refractivity contribution in [3.63, 3.8) is 0 Å². The summed E-state index contributed by atoms with van der Waals surface area (Å²) in [6.07, 6.45) is 2.84. The topological polar surface area (TPSA) is 92.5 Å². The smallest absolute Gasteiger partial charge is 0.322 e. The SMILES string of the molecule is CCn1cnc(S(=O)(=O)N2CSC[C@H]2C(=O)O)c1. The Morgan fingerprint density at radius 2 is 2.39 bits per heavy atom. The number of carboxylic acid groups (broad SMARTS) is 1. The maximum absolute atomic E-state index is 12.3. The highest BCUT2D eigenvalue weighted by Gasteiger charge is 2.41. The lowest BCUT2D eigenvalue weighted by atomic mass is 10.4. The van der Waals surface area contributed by atoms with Gasteiger partial charge in [-0.1, -0.05) is 0 Å². The summed E-state index contributed by atoms with van der Waals surface area (Å²) in [6, 6.07) is -1.01. The Balaban J connectivity index is 2.33. The van der Waals surface area contributed by atoms with E-state index >= 15 is 0 Å². The van der Waals surface area contributed by atoms with Gasteiger partial charge in [0.2, 0.25) is 0 Å². The summed E-state index contributed by atoms with van der Waals surface area (Å²) in [5, 5.41) is 8.90. The lowest BCUT2D eigenvalue weighted by Gasteiger charge is -2.18. The van der Waals surface area contributed by atoms with Gasteiger partial charge in [-0.25, -0.2) is 13.4 Å². The van der Waals surface area contributed by atoms with Gasteiger partial charge in [0.1, 0.15) is 6.04 Å². The molecule has 0 unspecified atom stereocenters. The minimum atomic E-state index is -3.82. The molecule has 7 nitrogen and oxygen atoms in total. The normalized spacial score (nSPS) is 21.3. The fraction of sp³-hybridized carbons (Fsp3) is 0.556. The van der Waals surface area contributed by atoms with E-state index in [-0.39, 0.29) is 16.7 Å². The Morgan fingerprint density at radius 3 is 2.94 bits per heavy atom. The third-order valence-electron chi connectivity index (χ3n) is 2.67. The van der Waals surface area contributed by atoms with Crippen LogP contribution in [0, 0.1) is 0 Å². The van der Waals surface area contributed by atoms with E-state index in [2.05, 4.69) is 4.98 Å². The molecule has 0 aromatic carbocycles. The van der Waals surface area contributed by atoms with Crippen LogP contribution in [0.2, 0.25) is 0 Å². The summed E-state index contributed by atoms with van der Waals surface area (Å²) >= 11 is 1.28. The van der Waals surface area contributed by atoms with Crippen molar-refractivity contribution >= 4 is 27.8 Å². The van der Waals surface area contributed by atoms with E-state index in [1.807, 2.05) is 6.92 Å². The molecule has 0 spiro atoms. The van der Waals surface area contributed by atoms with E-state index in [1.165, 1.54) is 24.3 Å². The molecular weight excluding hydrogens is 278 g/mol. The number of thioether (sulfide) groups is 1. The zero-order chi connectivity index (χ0) is 13.3. The van der Waals surface area contributed by atoms with E-state index in [9.17, 15) is 13.2 Å². The van der Waals surface area contributed by atoms with E-state index in [4.69, 9.17) is 5.11 Å². The second-order valence-electron chi connectivity index (χ2n) is 3.79. The van der Waals surface area contributed by atoms with E-state index in [1.54, 1.807) is 4.57 Å². The summed E-state index contributed by atoms with van der Waals surface area (Å²) in [5.74, 6) is -0.708. The minimum absolute atomic E-state index is 0.0990. The molecule has 0 aliphatic carbocycles. The van der Waals surface area contributed by atoms with Crippen LogP contribution in [-0.2, 0) is 21.4 Å². The van der Waals surface area contributed by atoms with Crippen molar-refractivity contribution in [2.45, 2.75) is 24.5 Å². The molecule has 100 valence electrons. The largest absolute Gasteiger partial charge is 0.480 e. The van der Waals surface area contributed by atoms with Crippen LogP contribution in [0.25, 0.3) is 0 Å². The Labute approximate surface area is 109 Å². The van der Waals surface area contributed by atoms with Crippen LogP contribution < -0.4 is 0 Å². The van der Waals surface area contributed by atoms with Gasteiger partial charge >= 0.3 is 5.97 Å². The molecule has 1 N–H and O–H groups in total. The summed E-state index contributed by atoms with van der Waals surface area (Å²) < 4.78 is 27.1. The number of imidazole rings is 1. The molecule has 1 aliphatic heterocycles. The molecule has 1 aliphatic rings. The van der Waals surface area contributed by atoms with Crippen molar-refractivity contribution in [2.75, 3.05) is 11.6 Å².